The van der Waals surface area contributed by atoms with E-state index in [4.69, 9.17) is 28.4 Å². The molecule has 12 N–H and O–H groups in total. The number of allylic oxidation sites excluding steroid dienone is 15. The summed E-state index contributed by atoms with van der Waals surface area (Å²) in [5.74, 6) is -0.287. The summed E-state index contributed by atoms with van der Waals surface area (Å²) in [5, 5.41) is 120. The van der Waals surface area contributed by atoms with Crippen molar-refractivity contribution in [2.24, 2.45) is 0 Å². The molecule has 17 unspecified atom stereocenters. The zero-order chi connectivity index (χ0) is 63.3. The Bertz CT molecular complexity index is 1960. The van der Waals surface area contributed by atoms with E-state index in [0.29, 0.717) is 6.42 Å². The van der Waals surface area contributed by atoms with Gasteiger partial charge in [0.15, 0.2) is 18.9 Å². The van der Waals surface area contributed by atoms with Crippen molar-refractivity contribution in [3.8, 4) is 0 Å². The zero-order valence-corrected chi connectivity index (χ0v) is 52.5. The van der Waals surface area contributed by atoms with Crippen molar-refractivity contribution < 1.29 is 89.4 Å². The molecule has 19 nitrogen and oxygen atoms in total. The van der Waals surface area contributed by atoms with E-state index < -0.39 is 124 Å². The van der Waals surface area contributed by atoms with Gasteiger partial charge in [-0.15, -0.1) is 0 Å². The Morgan fingerprint density at radius 2 is 0.793 bits per heavy atom. The molecule has 3 aliphatic rings. The van der Waals surface area contributed by atoms with Gasteiger partial charge in [-0.05, 0) is 77.0 Å². The van der Waals surface area contributed by atoms with Crippen LogP contribution < -0.4 is 5.32 Å². The van der Waals surface area contributed by atoms with Crippen molar-refractivity contribution in [2.45, 2.75) is 298 Å². The Hall–Kier alpha value is -3.29. The predicted octanol–water partition coefficient (Wildman–Crippen LogP) is 7.71. The van der Waals surface area contributed by atoms with Gasteiger partial charge in [0.2, 0.25) is 5.91 Å². The van der Waals surface area contributed by atoms with Gasteiger partial charge in [-0.3, -0.25) is 4.79 Å². The molecule has 3 rings (SSSR count). The lowest BCUT2D eigenvalue weighted by Crippen LogP contribution is -2.66. The average molecular weight is 1230 g/mol. The first-order valence-electron chi connectivity index (χ1n) is 33.0. The van der Waals surface area contributed by atoms with E-state index in [1.165, 1.54) is 70.6 Å². The van der Waals surface area contributed by atoms with Crippen LogP contribution in [0.5, 0.6) is 0 Å². The molecule has 0 radical (unpaired) electrons. The van der Waals surface area contributed by atoms with Gasteiger partial charge in [0, 0.05) is 6.42 Å². The van der Waals surface area contributed by atoms with Crippen LogP contribution in [-0.4, -0.2) is 193 Å². The highest BCUT2D eigenvalue weighted by molar-refractivity contribution is 5.76. The van der Waals surface area contributed by atoms with Crippen molar-refractivity contribution in [2.75, 3.05) is 26.4 Å². The van der Waals surface area contributed by atoms with Gasteiger partial charge in [0.05, 0.1) is 38.6 Å². The molecule has 0 aromatic rings. The van der Waals surface area contributed by atoms with Gasteiger partial charge < -0.3 is 89.9 Å². The Morgan fingerprint density at radius 3 is 1.24 bits per heavy atom. The van der Waals surface area contributed by atoms with E-state index in [1.54, 1.807) is 6.08 Å². The summed E-state index contributed by atoms with van der Waals surface area (Å²) >= 11 is 0. The summed E-state index contributed by atoms with van der Waals surface area (Å²) < 4.78 is 34.1. The molecule has 0 aromatic heterocycles. The number of hydrogen-bond donors (Lipinski definition) is 12. The molecular formula is C68H115NO18. The minimum atomic E-state index is -1.98. The number of aliphatic hydroxyl groups excluding tert-OH is 11. The van der Waals surface area contributed by atoms with Crippen molar-refractivity contribution in [1.29, 1.82) is 0 Å². The van der Waals surface area contributed by atoms with Crippen molar-refractivity contribution in [3.63, 3.8) is 0 Å². The van der Waals surface area contributed by atoms with Gasteiger partial charge in [0.25, 0.3) is 0 Å². The maximum Gasteiger partial charge on any atom is 0.220 e. The van der Waals surface area contributed by atoms with Crippen LogP contribution >= 0.6 is 0 Å². The molecule has 0 aromatic carbocycles. The number of amides is 1. The van der Waals surface area contributed by atoms with Crippen LogP contribution in [0.1, 0.15) is 194 Å². The summed E-state index contributed by atoms with van der Waals surface area (Å²) in [6, 6.07) is -0.973. The molecule has 3 heterocycles. The SMILES string of the molecule is CC/C=C\C/C=C\C/C=C\C/C=C\C/C=C\C/C=C\C/C=C\CCCCCCCCCCCCCCCCCC(=O)NC(COC1OC(CO)C(OC2OC(CO)C(OC3OC(CO)C(O)C(O)C3O)C(O)C2O)C(O)C1O)C(O)/C=C/CCCCC. The van der Waals surface area contributed by atoms with Crippen LogP contribution in [0.3, 0.4) is 0 Å². The van der Waals surface area contributed by atoms with Crippen molar-refractivity contribution in [1.82, 2.24) is 5.32 Å². The fraction of sp³-hybridized carbons (Fsp3) is 0.750. The molecule has 87 heavy (non-hydrogen) atoms. The Kier molecular flexibility index (Phi) is 44.3. The second kappa shape index (κ2) is 49.4. The molecule has 3 fully saturated rings. The maximum atomic E-state index is 13.2. The second-order valence-corrected chi connectivity index (χ2v) is 23.2. The van der Waals surface area contributed by atoms with Crippen LogP contribution in [-0.2, 0) is 33.2 Å². The highest BCUT2D eigenvalue weighted by Gasteiger charge is 2.53. The maximum absolute atomic E-state index is 13.2. The fourth-order valence-electron chi connectivity index (χ4n) is 10.5. The van der Waals surface area contributed by atoms with Crippen LogP contribution in [0.2, 0.25) is 0 Å². The number of hydrogen-bond acceptors (Lipinski definition) is 18. The average Bonchev–Trinajstić information content (AvgIpc) is 2.33. The van der Waals surface area contributed by atoms with E-state index in [2.05, 4.69) is 104 Å². The number of carbonyl (C=O) groups is 1. The quantitative estimate of drug-likeness (QED) is 0.0205. The van der Waals surface area contributed by atoms with Crippen molar-refractivity contribution in [3.05, 3.63) is 97.2 Å². The number of carbonyl (C=O) groups excluding carboxylic acids is 1. The van der Waals surface area contributed by atoms with Gasteiger partial charge in [0.1, 0.15) is 73.2 Å². The van der Waals surface area contributed by atoms with Gasteiger partial charge in [-0.1, -0.05) is 207 Å². The summed E-state index contributed by atoms with van der Waals surface area (Å²) in [6.07, 6.45) is 37.8. The highest BCUT2D eigenvalue weighted by atomic mass is 16.8. The van der Waals surface area contributed by atoms with E-state index in [-0.39, 0.29) is 18.9 Å². The second-order valence-electron chi connectivity index (χ2n) is 23.2. The Balaban J connectivity index is 1.26. The summed E-state index contributed by atoms with van der Waals surface area (Å²) in [4.78, 5) is 13.2. The molecule has 17 atom stereocenters. The molecule has 500 valence electrons. The highest BCUT2D eigenvalue weighted by Crippen LogP contribution is 2.33. The lowest BCUT2D eigenvalue weighted by Gasteiger charge is -2.48. The molecule has 0 bridgehead atoms. The standard InChI is InChI=1S/C68H115NO18/c1-3-5-7-9-10-11-12-13-14-15-16-17-18-19-20-21-22-23-24-25-26-27-28-29-30-31-32-33-34-35-36-37-38-39-40-42-44-46-56(74)69-51(52(73)45-43-41-8-6-4-2)50-82-66-62(80)59(77)64(54(48-71)84-66)87-68-63(81)60(78)65(55(49-72)85-68)86-67-61(79)58(76)57(75)53(47-70)83-67/h5,7,10-11,13-14,16-17,19-20,22-23,25-26,43,45,51-55,57-68,70-73,75-81H,3-4,6,8-9,12,15,18,21,24,27-42,44,46-50H2,1-2H3,(H,69,74)/b7-5-,11-10-,14-13-,17-16-,20-19-,23-22-,26-25-,45-43+. The predicted molar refractivity (Wildman–Crippen MR) is 337 cm³/mol. The summed E-state index contributed by atoms with van der Waals surface area (Å²) in [7, 11) is 0. The van der Waals surface area contributed by atoms with Gasteiger partial charge >= 0.3 is 0 Å². The molecule has 3 saturated heterocycles. The third-order valence-electron chi connectivity index (χ3n) is 15.9. The molecule has 1 amide bonds. The number of aliphatic hydroxyl groups is 11. The Morgan fingerprint density at radius 1 is 0.425 bits per heavy atom. The van der Waals surface area contributed by atoms with Crippen molar-refractivity contribution >= 4 is 5.91 Å². The van der Waals surface area contributed by atoms with Crippen LogP contribution in [0.4, 0.5) is 0 Å². The van der Waals surface area contributed by atoms with E-state index in [1.807, 2.05) is 6.08 Å². The third kappa shape index (κ3) is 32.0. The third-order valence-corrected chi connectivity index (χ3v) is 15.9. The molecule has 3 aliphatic heterocycles. The van der Waals surface area contributed by atoms with Crippen LogP contribution in [0.25, 0.3) is 0 Å². The van der Waals surface area contributed by atoms with E-state index in [9.17, 15) is 61.0 Å². The molecule has 0 spiro atoms. The lowest BCUT2D eigenvalue weighted by atomic mass is 9.96. The van der Waals surface area contributed by atoms with Crippen LogP contribution in [0, 0.1) is 0 Å². The first-order chi connectivity index (χ1) is 42.3. The summed E-state index contributed by atoms with van der Waals surface area (Å²) in [5.41, 5.74) is 0. The molecule has 0 saturated carbocycles. The first-order valence-corrected chi connectivity index (χ1v) is 33.0. The fourth-order valence-corrected chi connectivity index (χ4v) is 10.5. The minimum absolute atomic E-state index is 0.237. The number of ether oxygens (including phenoxy) is 6. The number of unbranched alkanes of at least 4 members (excludes halogenated alkanes) is 18. The zero-order valence-electron chi connectivity index (χ0n) is 52.5. The molecule has 19 heteroatoms. The topological polar surface area (TPSA) is 307 Å². The number of nitrogens with one attached hydrogen (secondary N) is 1. The minimum Gasteiger partial charge on any atom is -0.394 e. The number of rotatable bonds is 48. The van der Waals surface area contributed by atoms with Gasteiger partial charge in [-0.2, -0.15) is 0 Å². The lowest BCUT2D eigenvalue weighted by molar-refractivity contribution is -0.379. The Labute approximate surface area is 520 Å². The van der Waals surface area contributed by atoms with Gasteiger partial charge in [-0.25, -0.2) is 0 Å². The first kappa shape index (κ1) is 78.0. The molecule has 0 aliphatic carbocycles. The summed E-state index contributed by atoms with van der Waals surface area (Å²) in [6.45, 7) is 1.46. The molecular weight excluding hydrogens is 1120 g/mol. The van der Waals surface area contributed by atoms with E-state index in [0.717, 1.165) is 96.3 Å². The van der Waals surface area contributed by atoms with E-state index >= 15 is 0 Å². The monoisotopic (exact) mass is 1230 g/mol. The normalized spacial score (nSPS) is 29.2. The largest absolute Gasteiger partial charge is 0.394 e. The smallest absolute Gasteiger partial charge is 0.220 e. The van der Waals surface area contributed by atoms with Crippen LogP contribution in [0.15, 0.2) is 97.2 Å².